The number of fused-ring (bicyclic) bond motifs is 1. The molecule has 4 nitrogen and oxygen atoms in total. The fourth-order valence-electron chi connectivity index (χ4n) is 2.44. The molecular weight excluding hydrogens is 276 g/mol. The van der Waals surface area contributed by atoms with Gasteiger partial charge in [0.15, 0.2) is 5.88 Å². The van der Waals surface area contributed by atoms with E-state index in [1.807, 2.05) is 37.3 Å². The Labute approximate surface area is 129 Å². The first-order valence-electron chi connectivity index (χ1n) is 7.09. The standard InChI is InChI=1S/C18H18N2O2/c1-11-5-4-6-16(12(11)2)19-10-15-14-9-13(22-3)7-8-17(14)20-18(15)21/h4-10,20-21H,1-3H3. The SMILES string of the molecule is COc1ccc2[nH]c(O)c(C=Nc3cccc(C)c3C)c2c1. The van der Waals surface area contributed by atoms with Crippen LogP contribution < -0.4 is 4.74 Å². The number of aliphatic imine (C=N–C) groups is 1. The fraction of sp³-hybridized carbons (Fsp3) is 0.167. The number of nitrogens with zero attached hydrogens (tertiary/aromatic N) is 1. The van der Waals surface area contributed by atoms with Gasteiger partial charge in [0, 0.05) is 17.1 Å². The summed E-state index contributed by atoms with van der Waals surface area (Å²) in [4.78, 5) is 7.48. The molecule has 2 N–H and O–H groups in total. The normalized spacial score (nSPS) is 11.4. The Hall–Kier alpha value is -2.75. The molecule has 2 aromatic carbocycles. The molecule has 1 aromatic heterocycles. The number of methoxy groups -OCH3 is 1. The van der Waals surface area contributed by atoms with Gasteiger partial charge in [-0.3, -0.25) is 4.99 Å². The molecule has 0 fully saturated rings. The first-order chi connectivity index (χ1) is 10.6. The second kappa shape index (κ2) is 5.56. The van der Waals surface area contributed by atoms with Gasteiger partial charge in [-0.15, -0.1) is 0 Å². The third-order valence-electron chi connectivity index (χ3n) is 3.93. The Morgan fingerprint density at radius 2 is 2.00 bits per heavy atom. The van der Waals surface area contributed by atoms with Gasteiger partial charge in [-0.2, -0.15) is 0 Å². The van der Waals surface area contributed by atoms with Crippen molar-refractivity contribution in [2.45, 2.75) is 13.8 Å². The van der Waals surface area contributed by atoms with Crippen LogP contribution in [0.2, 0.25) is 0 Å². The summed E-state index contributed by atoms with van der Waals surface area (Å²) < 4.78 is 5.24. The number of H-pyrrole nitrogens is 1. The molecule has 3 rings (SSSR count). The lowest BCUT2D eigenvalue weighted by Crippen LogP contribution is -1.84. The van der Waals surface area contributed by atoms with E-state index in [1.165, 1.54) is 5.56 Å². The highest BCUT2D eigenvalue weighted by Crippen LogP contribution is 2.30. The summed E-state index contributed by atoms with van der Waals surface area (Å²) in [6, 6.07) is 11.6. The molecule has 0 aliphatic rings. The van der Waals surface area contributed by atoms with Crippen molar-refractivity contribution in [1.29, 1.82) is 0 Å². The van der Waals surface area contributed by atoms with Crippen LogP contribution in [-0.2, 0) is 0 Å². The molecule has 112 valence electrons. The van der Waals surface area contributed by atoms with E-state index in [1.54, 1.807) is 13.3 Å². The molecule has 4 heteroatoms. The summed E-state index contributed by atoms with van der Waals surface area (Å²) >= 11 is 0. The number of aryl methyl sites for hydroxylation is 1. The van der Waals surface area contributed by atoms with E-state index >= 15 is 0 Å². The lowest BCUT2D eigenvalue weighted by atomic mass is 10.1. The van der Waals surface area contributed by atoms with Crippen LogP contribution >= 0.6 is 0 Å². The lowest BCUT2D eigenvalue weighted by Gasteiger charge is -2.03. The Morgan fingerprint density at radius 3 is 2.77 bits per heavy atom. The molecule has 3 aromatic rings. The quantitative estimate of drug-likeness (QED) is 0.709. The van der Waals surface area contributed by atoms with Gasteiger partial charge in [-0.25, -0.2) is 0 Å². The van der Waals surface area contributed by atoms with Crippen LogP contribution in [0.3, 0.4) is 0 Å². The van der Waals surface area contributed by atoms with Crippen molar-refractivity contribution in [1.82, 2.24) is 4.98 Å². The summed E-state index contributed by atoms with van der Waals surface area (Å²) in [5.74, 6) is 0.852. The highest BCUT2D eigenvalue weighted by molar-refractivity contribution is 6.03. The second-order valence-electron chi connectivity index (χ2n) is 5.28. The molecule has 22 heavy (non-hydrogen) atoms. The maximum Gasteiger partial charge on any atom is 0.198 e. The summed E-state index contributed by atoms with van der Waals surface area (Å²) in [7, 11) is 1.62. The van der Waals surface area contributed by atoms with Gasteiger partial charge in [0.25, 0.3) is 0 Å². The van der Waals surface area contributed by atoms with Crippen LogP contribution in [0, 0.1) is 13.8 Å². The van der Waals surface area contributed by atoms with Crippen LogP contribution in [0.4, 0.5) is 5.69 Å². The average Bonchev–Trinajstić information content (AvgIpc) is 2.83. The number of aromatic amines is 1. The Balaban J connectivity index is 2.08. The van der Waals surface area contributed by atoms with Crippen molar-refractivity contribution < 1.29 is 9.84 Å². The van der Waals surface area contributed by atoms with Gasteiger partial charge >= 0.3 is 0 Å². The van der Waals surface area contributed by atoms with Crippen LogP contribution in [0.25, 0.3) is 10.9 Å². The lowest BCUT2D eigenvalue weighted by molar-refractivity contribution is 0.415. The van der Waals surface area contributed by atoms with Crippen molar-refractivity contribution in [3.8, 4) is 11.6 Å². The maximum absolute atomic E-state index is 10.1. The van der Waals surface area contributed by atoms with Crippen LogP contribution in [-0.4, -0.2) is 23.4 Å². The molecule has 1 heterocycles. The molecule has 0 saturated carbocycles. The van der Waals surface area contributed by atoms with E-state index in [-0.39, 0.29) is 5.88 Å². The number of aromatic nitrogens is 1. The van der Waals surface area contributed by atoms with Gasteiger partial charge in [0.2, 0.25) is 0 Å². The molecule has 0 saturated heterocycles. The monoisotopic (exact) mass is 294 g/mol. The summed E-state index contributed by atoms with van der Waals surface area (Å²) in [5, 5.41) is 11.0. The molecule has 0 unspecified atom stereocenters. The summed E-state index contributed by atoms with van der Waals surface area (Å²) in [6.07, 6.45) is 1.69. The third-order valence-corrected chi connectivity index (χ3v) is 3.93. The zero-order chi connectivity index (χ0) is 15.7. The molecule has 0 aliphatic carbocycles. The van der Waals surface area contributed by atoms with Crippen molar-refractivity contribution in [2.75, 3.05) is 7.11 Å². The van der Waals surface area contributed by atoms with Gasteiger partial charge in [0.1, 0.15) is 5.75 Å². The van der Waals surface area contributed by atoms with E-state index in [0.717, 1.165) is 27.9 Å². The number of benzene rings is 2. The van der Waals surface area contributed by atoms with Crippen molar-refractivity contribution in [3.05, 3.63) is 53.1 Å². The Bertz CT molecular complexity index is 863. The minimum atomic E-state index is 0.109. The van der Waals surface area contributed by atoms with Crippen molar-refractivity contribution in [2.24, 2.45) is 4.99 Å². The first kappa shape index (κ1) is 14.2. The number of rotatable bonds is 3. The molecule has 0 bridgehead atoms. The van der Waals surface area contributed by atoms with Crippen LogP contribution in [0.15, 0.2) is 41.4 Å². The number of hydrogen-bond donors (Lipinski definition) is 2. The summed E-state index contributed by atoms with van der Waals surface area (Å²) in [5.41, 5.74) is 4.74. The van der Waals surface area contributed by atoms with E-state index in [9.17, 15) is 5.11 Å². The molecule has 0 atom stereocenters. The van der Waals surface area contributed by atoms with Gasteiger partial charge in [0.05, 0.1) is 18.4 Å². The number of hydrogen-bond acceptors (Lipinski definition) is 3. The van der Waals surface area contributed by atoms with Gasteiger partial charge in [-0.1, -0.05) is 12.1 Å². The molecule has 0 spiro atoms. The highest BCUT2D eigenvalue weighted by atomic mass is 16.5. The fourth-order valence-corrected chi connectivity index (χ4v) is 2.44. The Kier molecular flexibility index (Phi) is 3.59. The molecule has 0 radical (unpaired) electrons. The van der Waals surface area contributed by atoms with Crippen molar-refractivity contribution >= 4 is 22.8 Å². The van der Waals surface area contributed by atoms with Crippen LogP contribution in [0.5, 0.6) is 11.6 Å². The van der Waals surface area contributed by atoms with E-state index in [4.69, 9.17) is 4.74 Å². The van der Waals surface area contributed by atoms with E-state index < -0.39 is 0 Å². The Morgan fingerprint density at radius 1 is 1.18 bits per heavy atom. The number of aromatic hydroxyl groups is 1. The van der Waals surface area contributed by atoms with Gasteiger partial charge in [-0.05, 0) is 49.2 Å². The number of ether oxygens (including phenoxy) is 1. The average molecular weight is 294 g/mol. The minimum Gasteiger partial charge on any atom is -0.497 e. The molecule has 0 aliphatic heterocycles. The maximum atomic E-state index is 10.1. The second-order valence-corrected chi connectivity index (χ2v) is 5.28. The van der Waals surface area contributed by atoms with Crippen LogP contribution in [0.1, 0.15) is 16.7 Å². The predicted molar refractivity (Wildman–Crippen MR) is 89.7 cm³/mol. The topological polar surface area (TPSA) is 57.6 Å². The van der Waals surface area contributed by atoms with Crippen molar-refractivity contribution in [3.63, 3.8) is 0 Å². The first-order valence-corrected chi connectivity index (χ1v) is 7.09. The largest absolute Gasteiger partial charge is 0.497 e. The zero-order valence-electron chi connectivity index (χ0n) is 12.8. The van der Waals surface area contributed by atoms with E-state index in [2.05, 4.69) is 23.0 Å². The number of nitrogens with one attached hydrogen (secondary N) is 1. The van der Waals surface area contributed by atoms with E-state index in [0.29, 0.717) is 5.56 Å². The summed E-state index contributed by atoms with van der Waals surface area (Å²) in [6.45, 7) is 4.10. The molecular formula is C18H18N2O2. The van der Waals surface area contributed by atoms with Gasteiger partial charge < -0.3 is 14.8 Å². The smallest absolute Gasteiger partial charge is 0.198 e. The molecule has 0 amide bonds. The zero-order valence-corrected chi connectivity index (χ0v) is 12.8. The third kappa shape index (κ3) is 2.44. The predicted octanol–water partition coefficient (Wildman–Crippen LogP) is 4.25. The highest BCUT2D eigenvalue weighted by Gasteiger charge is 2.10. The minimum absolute atomic E-state index is 0.109.